The summed E-state index contributed by atoms with van der Waals surface area (Å²) in [6.07, 6.45) is 7.04. The van der Waals surface area contributed by atoms with Crippen LogP contribution >= 0.6 is 0 Å². The Labute approximate surface area is 128 Å². The second-order valence-electron chi connectivity index (χ2n) is 6.81. The van der Waals surface area contributed by atoms with E-state index in [0.717, 1.165) is 12.8 Å². The van der Waals surface area contributed by atoms with Gasteiger partial charge in [0.15, 0.2) is 0 Å². The molecule has 1 aromatic carbocycles. The molecule has 0 saturated heterocycles. The normalized spacial score (nSPS) is 20.8. The lowest BCUT2D eigenvalue weighted by molar-refractivity contribution is -0.131. The highest BCUT2D eigenvalue weighted by molar-refractivity contribution is 5.69. The molecule has 0 radical (unpaired) electrons. The molecule has 0 bridgehead atoms. The summed E-state index contributed by atoms with van der Waals surface area (Å²) in [6.45, 7) is 8.46. The third-order valence-corrected chi connectivity index (χ3v) is 4.63. The first-order valence-electron chi connectivity index (χ1n) is 7.82. The minimum atomic E-state index is -0.264. The topological polar surface area (TPSA) is 26.3 Å². The summed E-state index contributed by atoms with van der Waals surface area (Å²) in [6, 6.07) is 7.89. The van der Waals surface area contributed by atoms with Crippen molar-refractivity contribution in [3.05, 3.63) is 41.5 Å². The van der Waals surface area contributed by atoms with Crippen LogP contribution in [-0.2, 0) is 11.2 Å². The maximum Gasteiger partial charge on any atom is 0.308 e. The lowest BCUT2D eigenvalue weighted by Crippen LogP contribution is -2.28. The van der Waals surface area contributed by atoms with Gasteiger partial charge in [0, 0.05) is 6.92 Å². The second kappa shape index (κ2) is 6.46. The molecular weight excluding hydrogens is 260 g/mol. The molecule has 1 aliphatic rings. The van der Waals surface area contributed by atoms with Crippen LogP contribution in [0.3, 0.4) is 0 Å². The van der Waals surface area contributed by atoms with Crippen LogP contribution in [0.1, 0.15) is 52.5 Å². The van der Waals surface area contributed by atoms with Crippen molar-refractivity contribution in [1.82, 2.24) is 0 Å². The number of hydrogen-bond acceptors (Lipinski definition) is 2. The summed E-state index contributed by atoms with van der Waals surface area (Å²) in [7, 11) is 0. The minimum Gasteiger partial charge on any atom is -0.427 e. The van der Waals surface area contributed by atoms with Gasteiger partial charge in [-0.2, -0.15) is 0 Å². The fraction of sp³-hybridized carbons (Fsp3) is 0.526. The van der Waals surface area contributed by atoms with Gasteiger partial charge >= 0.3 is 5.97 Å². The molecule has 1 aliphatic carbocycles. The van der Waals surface area contributed by atoms with Crippen molar-refractivity contribution < 1.29 is 9.53 Å². The van der Waals surface area contributed by atoms with Crippen molar-refractivity contribution in [2.75, 3.05) is 0 Å². The Balaban J connectivity index is 2.04. The van der Waals surface area contributed by atoms with Crippen LogP contribution in [0.4, 0.5) is 0 Å². The Hall–Kier alpha value is -1.57. The number of aryl methyl sites for hydroxylation is 1. The van der Waals surface area contributed by atoms with Gasteiger partial charge in [-0.3, -0.25) is 4.79 Å². The molecule has 0 aromatic heterocycles. The van der Waals surface area contributed by atoms with Gasteiger partial charge in [-0.15, -0.1) is 0 Å². The fourth-order valence-corrected chi connectivity index (χ4v) is 3.46. The molecule has 0 fully saturated rings. The lowest BCUT2D eigenvalue weighted by atomic mass is 9.67. The van der Waals surface area contributed by atoms with Crippen LogP contribution in [0.25, 0.3) is 0 Å². The van der Waals surface area contributed by atoms with Crippen LogP contribution in [0, 0.1) is 11.3 Å². The monoisotopic (exact) mass is 286 g/mol. The van der Waals surface area contributed by atoms with Crippen LogP contribution in [-0.4, -0.2) is 5.97 Å². The zero-order valence-electron chi connectivity index (χ0n) is 13.6. The van der Waals surface area contributed by atoms with E-state index in [1.807, 2.05) is 18.2 Å². The van der Waals surface area contributed by atoms with E-state index in [4.69, 9.17) is 4.74 Å². The number of carbonyl (C=O) groups is 1. The maximum atomic E-state index is 11.0. The summed E-state index contributed by atoms with van der Waals surface area (Å²) in [5, 5.41) is 0. The molecule has 1 aromatic rings. The predicted molar refractivity (Wildman–Crippen MR) is 86.3 cm³/mol. The van der Waals surface area contributed by atoms with Gasteiger partial charge in [0.05, 0.1) is 0 Å². The molecule has 0 unspecified atom stereocenters. The first-order valence-corrected chi connectivity index (χ1v) is 7.82. The number of esters is 1. The number of carbonyl (C=O) groups excluding carboxylic acids is 1. The highest BCUT2D eigenvalue weighted by Gasteiger charge is 2.32. The minimum absolute atomic E-state index is 0.264. The van der Waals surface area contributed by atoms with Gasteiger partial charge < -0.3 is 4.74 Å². The molecule has 0 N–H and O–H groups in total. The Kier molecular flexibility index (Phi) is 4.87. The fourth-order valence-electron chi connectivity index (χ4n) is 3.46. The molecule has 2 heteroatoms. The van der Waals surface area contributed by atoms with Crippen molar-refractivity contribution in [3.8, 4) is 5.75 Å². The van der Waals surface area contributed by atoms with Gasteiger partial charge in [-0.1, -0.05) is 37.6 Å². The SMILES string of the molecule is CC(=O)Oc1cccc(CC[C@H]2C(C)=CCCC2(C)C)c1. The maximum absolute atomic E-state index is 11.0. The van der Waals surface area contributed by atoms with Gasteiger partial charge in [0.2, 0.25) is 0 Å². The summed E-state index contributed by atoms with van der Waals surface area (Å²) >= 11 is 0. The highest BCUT2D eigenvalue weighted by Crippen LogP contribution is 2.43. The van der Waals surface area contributed by atoms with Gasteiger partial charge in [0.1, 0.15) is 5.75 Å². The molecule has 0 aliphatic heterocycles. The van der Waals surface area contributed by atoms with Crippen molar-refractivity contribution >= 4 is 5.97 Å². The van der Waals surface area contributed by atoms with E-state index in [1.54, 1.807) is 0 Å². The molecule has 114 valence electrons. The number of rotatable bonds is 4. The molecule has 0 amide bonds. The van der Waals surface area contributed by atoms with E-state index < -0.39 is 0 Å². The van der Waals surface area contributed by atoms with Gasteiger partial charge in [0.25, 0.3) is 0 Å². The standard InChI is InChI=1S/C19H26O2/c1-14-7-6-12-19(3,4)18(14)11-10-16-8-5-9-17(13-16)21-15(2)20/h5,7-9,13,18H,6,10-12H2,1-4H3/t18-/m0/s1. The molecule has 0 heterocycles. The summed E-state index contributed by atoms with van der Waals surface area (Å²) < 4.78 is 5.16. The first kappa shape index (κ1) is 15.8. The summed E-state index contributed by atoms with van der Waals surface area (Å²) in [5.41, 5.74) is 3.15. The predicted octanol–water partition coefficient (Wildman–Crippen LogP) is 4.93. The van der Waals surface area contributed by atoms with E-state index in [0.29, 0.717) is 17.1 Å². The Bertz CT molecular complexity index is 540. The molecule has 0 saturated carbocycles. The van der Waals surface area contributed by atoms with Crippen molar-refractivity contribution in [1.29, 1.82) is 0 Å². The van der Waals surface area contributed by atoms with E-state index in [2.05, 4.69) is 32.9 Å². The number of hydrogen-bond donors (Lipinski definition) is 0. The highest BCUT2D eigenvalue weighted by atomic mass is 16.5. The van der Waals surface area contributed by atoms with Crippen LogP contribution in [0.5, 0.6) is 5.75 Å². The van der Waals surface area contributed by atoms with Crippen molar-refractivity contribution in [2.45, 2.75) is 53.4 Å². The summed E-state index contributed by atoms with van der Waals surface area (Å²) in [4.78, 5) is 11.0. The van der Waals surface area contributed by atoms with Gasteiger partial charge in [-0.05, 0) is 61.6 Å². The summed E-state index contributed by atoms with van der Waals surface area (Å²) in [5.74, 6) is 1.03. The van der Waals surface area contributed by atoms with Crippen LogP contribution in [0.15, 0.2) is 35.9 Å². The van der Waals surface area contributed by atoms with E-state index in [1.165, 1.54) is 30.9 Å². The van der Waals surface area contributed by atoms with Crippen LogP contribution in [0.2, 0.25) is 0 Å². The third kappa shape index (κ3) is 4.20. The van der Waals surface area contributed by atoms with Crippen molar-refractivity contribution in [2.24, 2.45) is 11.3 Å². The molecule has 21 heavy (non-hydrogen) atoms. The largest absolute Gasteiger partial charge is 0.427 e. The average Bonchev–Trinajstić information content (AvgIpc) is 2.37. The smallest absolute Gasteiger partial charge is 0.308 e. The number of allylic oxidation sites excluding steroid dienone is 2. The quantitative estimate of drug-likeness (QED) is 0.446. The Morgan fingerprint density at radius 3 is 2.81 bits per heavy atom. The molecule has 0 spiro atoms. The number of ether oxygens (including phenoxy) is 1. The zero-order chi connectivity index (χ0) is 15.5. The number of benzene rings is 1. The molecule has 2 rings (SSSR count). The van der Waals surface area contributed by atoms with Gasteiger partial charge in [-0.25, -0.2) is 0 Å². The molecular formula is C19H26O2. The zero-order valence-corrected chi connectivity index (χ0v) is 13.6. The lowest BCUT2D eigenvalue weighted by Gasteiger charge is -2.38. The Morgan fingerprint density at radius 2 is 2.14 bits per heavy atom. The third-order valence-electron chi connectivity index (χ3n) is 4.63. The molecule has 1 atom stereocenters. The first-order chi connectivity index (χ1) is 9.88. The Morgan fingerprint density at radius 1 is 1.38 bits per heavy atom. The van der Waals surface area contributed by atoms with Crippen LogP contribution < -0.4 is 4.74 Å². The van der Waals surface area contributed by atoms with Crippen molar-refractivity contribution in [3.63, 3.8) is 0 Å². The van der Waals surface area contributed by atoms with E-state index in [-0.39, 0.29) is 5.97 Å². The average molecular weight is 286 g/mol. The van der Waals surface area contributed by atoms with E-state index in [9.17, 15) is 4.79 Å². The van der Waals surface area contributed by atoms with E-state index >= 15 is 0 Å². The second-order valence-corrected chi connectivity index (χ2v) is 6.81. The molecule has 2 nitrogen and oxygen atoms in total.